The van der Waals surface area contributed by atoms with Crippen molar-refractivity contribution >= 4 is 29.6 Å². The van der Waals surface area contributed by atoms with Gasteiger partial charge >= 0.3 is 11.9 Å². The second kappa shape index (κ2) is 7.65. The van der Waals surface area contributed by atoms with E-state index < -0.39 is 17.8 Å². The Morgan fingerprint density at radius 1 is 1.15 bits per heavy atom. The van der Waals surface area contributed by atoms with Crippen molar-refractivity contribution in [2.75, 3.05) is 13.2 Å². The van der Waals surface area contributed by atoms with Gasteiger partial charge in [-0.1, -0.05) is 11.6 Å². The molecule has 0 aliphatic carbocycles. The van der Waals surface area contributed by atoms with E-state index in [-0.39, 0.29) is 29.4 Å². The first-order valence-electron chi connectivity index (χ1n) is 6.00. The number of benzene rings is 1. The molecule has 0 aliphatic heterocycles. The quantitative estimate of drug-likeness (QED) is 0.363. The molecular formula is C14H14ClFO4. The van der Waals surface area contributed by atoms with Crippen molar-refractivity contribution in [3.63, 3.8) is 0 Å². The van der Waals surface area contributed by atoms with Gasteiger partial charge in [-0.25, -0.2) is 14.0 Å². The molecule has 0 bridgehead atoms. The molecule has 0 fully saturated rings. The summed E-state index contributed by atoms with van der Waals surface area (Å²) >= 11 is 5.71. The lowest BCUT2D eigenvalue weighted by atomic mass is 10.1. The van der Waals surface area contributed by atoms with Crippen LogP contribution in [0, 0.1) is 5.82 Å². The summed E-state index contributed by atoms with van der Waals surface area (Å²) in [7, 11) is 0. The molecule has 1 rings (SSSR count). The van der Waals surface area contributed by atoms with Crippen molar-refractivity contribution < 1.29 is 23.5 Å². The van der Waals surface area contributed by atoms with Gasteiger partial charge in [-0.3, -0.25) is 0 Å². The molecule has 0 aliphatic rings. The Kier molecular flexibility index (Phi) is 6.18. The fourth-order valence-corrected chi connectivity index (χ4v) is 1.67. The van der Waals surface area contributed by atoms with E-state index in [2.05, 4.69) is 0 Å². The zero-order valence-corrected chi connectivity index (χ0v) is 11.9. The molecule has 1 aromatic rings. The Hall–Kier alpha value is -1.88. The fourth-order valence-electron chi connectivity index (χ4n) is 1.44. The summed E-state index contributed by atoms with van der Waals surface area (Å²) in [4.78, 5) is 23.4. The van der Waals surface area contributed by atoms with E-state index in [1.54, 1.807) is 13.8 Å². The first-order valence-corrected chi connectivity index (χ1v) is 6.37. The summed E-state index contributed by atoms with van der Waals surface area (Å²) in [6.07, 6.45) is 1.19. The molecule has 0 saturated carbocycles. The number of ether oxygens (including phenoxy) is 2. The highest BCUT2D eigenvalue weighted by molar-refractivity contribution is 6.30. The Bertz CT molecular complexity index is 500. The van der Waals surface area contributed by atoms with Gasteiger partial charge in [0, 0.05) is 5.02 Å². The maximum atomic E-state index is 13.2. The number of hydrogen-bond donors (Lipinski definition) is 0. The summed E-state index contributed by atoms with van der Waals surface area (Å²) in [5.41, 5.74) is -0.0403. The summed E-state index contributed by atoms with van der Waals surface area (Å²) in [5, 5.41) is 0.156. The zero-order chi connectivity index (χ0) is 15.1. The van der Waals surface area contributed by atoms with E-state index in [9.17, 15) is 14.0 Å². The topological polar surface area (TPSA) is 52.6 Å². The number of carbonyl (C=O) groups is 2. The smallest absolute Gasteiger partial charge is 0.345 e. The number of carbonyl (C=O) groups excluding carboxylic acids is 2. The van der Waals surface area contributed by atoms with Crippen LogP contribution in [0.1, 0.15) is 19.4 Å². The van der Waals surface area contributed by atoms with Crippen LogP contribution in [0.5, 0.6) is 0 Å². The Balaban J connectivity index is 3.17. The molecule has 108 valence electrons. The first-order chi connectivity index (χ1) is 9.47. The van der Waals surface area contributed by atoms with Crippen LogP contribution in [0.25, 0.3) is 6.08 Å². The third-order valence-corrected chi connectivity index (χ3v) is 2.40. The minimum absolute atomic E-state index is 0.111. The highest BCUT2D eigenvalue weighted by atomic mass is 35.5. The Morgan fingerprint density at radius 2 is 1.70 bits per heavy atom. The highest BCUT2D eigenvalue weighted by Gasteiger charge is 2.21. The maximum Gasteiger partial charge on any atom is 0.345 e. The van der Waals surface area contributed by atoms with Crippen LogP contribution < -0.4 is 0 Å². The predicted octanol–water partition coefficient (Wildman–Crippen LogP) is 2.99. The van der Waals surface area contributed by atoms with Crippen LogP contribution in [0.2, 0.25) is 5.02 Å². The molecule has 0 amide bonds. The van der Waals surface area contributed by atoms with Gasteiger partial charge in [0.25, 0.3) is 0 Å². The molecule has 20 heavy (non-hydrogen) atoms. The highest BCUT2D eigenvalue weighted by Crippen LogP contribution is 2.17. The average Bonchev–Trinajstić information content (AvgIpc) is 2.35. The number of esters is 2. The van der Waals surface area contributed by atoms with E-state index in [4.69, 9.17) is 21.1 Å². The van der Waals surface area contributed by atoms with Crippen LogP contribution in [0.3, 0.4) is 0 Å². The number of halogens is 2. The van der Waals surface area contributed by atoms with Crippen molar-refractivity contribution in [2.45, 2.75) is 13.8 Å². The normalized spacial score (nSPS) is 9.80. The van der Waals surface area contributed by atoms with Crippen LogP contribution in [0.4, 0.5) is 4.39 Å². The van der Waals surface area contributed by atoms with Gasteiger partial charge in [0.15, 0.2) is 0 Å². The van der Waals surface area contributed by atoms with E-state index in [0.29, 0.717) is 0 Å². The van der Waals surface area contributed by atoms with Crippen LogP contribution >= 0.6 is 11.6 Å². The van der Waals surface area contributed by atoms with E-state index in [1.165, 1.54) is 12.1 Å². The Labute approximate surface area is 121 Å². The molecule has 0 N–H and O–H groups in total. The largest absolute Gasteiger partial charge is 0.462 e. The van der Waals surface area contributed by atoms with Crippen LogP contribution in [-0.4, -0.2) is 25.2 Å². The van der Waals surface area contributed by atoms with Gasteiger partial charge in [-0.05, 0) is 43.7 Å². The van der Waals surface area contributed by atoms with E-state index >= 15 is 0 Å². The van der Waals surface area contributed by atoms with Crippen molar-refractivity contribution in [3.05, 3.63) is 40.2 Å². The van der Waals surface area contributed by atoms with E-state index in [0.717, 1.165) is 12.1 Å². The molecule has 0 radical (unpaired) electrons. The van der Waals surface area contributed by atoms with Crippen molar-refractivity contribution in [2.24, 2.45) is 0 Å². The van der Waals surface area contributed by atoms with Gasteiger partial charge < -0.3 is 9.47 Å². The number of rotatable bonds is 5. The molecule has 0 heterocycles. The second-order valence-electron chi connectivity index (χ2n) is 3.70. The second-order valence-corrected chi connectivity index (χ2v) is 4.14. The predicted molar refractivity (Wildman–Crippen MR) is 72.7 cm³/mol. The van der Waals surface area contributed by atoms with Crippen molar-refractivity contribution in [3.8, 4) is 0 Å². The first kappa shape index (κ1) is 16.2. The SMILES string of the molecule is CCOC(=O)C(=Cc1cc(F)cc(Cl)c1)C(=O)OCC. The third-order valence-electron chi connectivity index (χ3n) is 2.19. The standard InChI is InChI=1S/C14H14ClFO4/c1-3-19-13(17)12(14(18)20-4-2)7-9-5-10(15)8-11(16)6-9/h5-8H,3-4H2,1-2H3. The zero-order valence-electron chi connectivity index (χ0n) is 11.1. The van der Waals surface area contributed by atoms with Gasteiger partial charge in [0.2, 0.25) is 0 Å². The van der Waals surface area contributed by atoms with Crippen LogP contribution in [0.15, 0.2) is 23.8 Å². The van der Waals surface area contributed by atoms with Crippen LogP contribution in [-0.2, 0) is 19.1 Å². The molecule has 0 atom stereocenters. The lowest BCUT2D eigenvalue weighted by Gasteiger charge is -2.07. The number of hydrogen-bond acceptors (Lipinski definition) is 4. The van der Waals surface area contributed by atoms with Gasteiger partial charge in [-0.2, -0.15) is 0 Å². The molecule has 1 aromatic carbocycles. The average molecular weight is 301 g/mol. The lowest BCUT2D eigenvalue weighted by Crippen LogP contribution is -2.18. The summed E-state index contributed by atoms with van der Waals surface area (Å²) < 4.78 is 22.8. The maximum absolute atomic E-state index is 13.2. The lowest BCUT2D eigenvalue weighted by molar-refractivity contribution is -0.146. The summed E-state index contributed by atoms with van der Waals surface area (Å²) in [6, 6.07) is 3.68. The molecule has 4 nitrogen and oxygen atoms in total. The summed E-state index contributed by atoms with van der Waals surface area (Å²) in [5.74, 6) is -2.23. The molecular weight excluding hydrogens is 287 g/mol. The molecule has 0 aromatic heterocycles. The minimum Gasteiger partial charge on any atom is -0.462 e. The molecule has 6 heteroatoms. The molecule has 0 saturated heterocycles. The van der Waals surface area contributed by atoms with E-state index in [1.807, 2.05) is 0 Å². The minimum atomic E-state index is -0.827. The van der Waals surface area contributed by atoms with Gasteiger partial charge in [-0.15, -0.1) is 0 Å². The third kappa shape index (κ3) is 4.66. The monoisotopic (exact) mass is 300 g/mol. The van der Waals surface area contributed by atoms with Gasteiger partial charge in [0.1, 0.15) is 11.4 Å². The molecule has 0 spiro atoms. The van der Waals surface area contributed by atoms with Crippen molar-refractivity contribution in [1.82, 2.24) is 0 Å². The Morgan fingerprint density at radius 3 is 2.15 bits per heavy atom. The summed E-state index contributed by atoms with van der Waals surface area (Å²) in [6.45, 7) is 3.44. The molecule has 0 unspecified atom stereocenters. The fraction of sp³-hybridized carbons (Fsp3) is 0.286. The van der Waals surface area contributed by atoms with Crippen molar-refractivity contribution in [1.29, 1.82) is 0 Å². The van der Waals surface area contributed by atoms with Gasteiger partial charge in [0.05, 0.1) is 13.2 Å².